The number of methoxy groups -OCH3 is 1. The molecule has 1 aliphatic rings. The van der Waals surface area contributed by atoms with Gasteiger partial charge in [-0.05, 0) is 60.9 Å². The highest BCUT2D eigenvalue weighted by molar-refractivity contribution is 9.10. The number of nitrogens with one attached hydrogen (secondary N) is 1. The van der Waals surface area contributed by atoms with Crippen LogP contribution in [0.1, 0.15) is 27.8 Å². The van der Waals surface area contributed by atoms with Crippen molar-refractivity contribution in [1.82, 2.24) is 5.32 Å². The largest absolute Gasteiger partial charge is 0.496 e. The van der Waals surface area contributed by atoms with Crippen LogP contribution in [0.3, 0.4) is 0 Å². The number of carbonyl (C=O) groups excluding carboxylic acids is 3. The number of rotatable bonds is 5. The van der Waals surface area contributed by atoms with Crippen LogP contribution in [0.15, 0.2) is 69.1 Å². The number of imide groups is 2. The molecule has 1 N–H and O–H groups in total. The normalized spacial score (nSPS) is 14.9. The van der Waals surface area contributed by atoms with Crippen LogP contribution in [0.25, 0.3) is 6.08 Å². The van der Waals surface area contributed by atoms with E-state index in [1.165, 1.54) is 6.08 Å². The molecule has 0 saturated carbocycles. The average Bonchev–Trinajstić information content (AvgIpc) is 2.80. The molecule has 0 aliphatic carbocycles. The number of anilines is 1. The lowest BCUT2D eigenvalue weighted by atomic mass is 10.00. The van der Waals surface area contributed by atoms with Gasteiger partial charge in [0.25, 0.3) is 11.8 Å². The van der Waals surface area contributed by atoms with Crippen LogP contribution >= 0.6 is 31.9 Å². The highest BCUT2D eigenvalue weighted by atomic mass is 79.9. The summed E-state index contributed by atoms with van der Waals surface area (Å²) in [5.41, 5.74) is 4.63. The van der Waals surface area contributed by atoms with E-state index in [4.69, 9.17) is 4.74 Å². The Morgan fingerprint density at radius 2 is 1.71 bits per heavy atom. The van der Waals surface area contributed by atoms with E-state index in [-0.39, 0.29) is 5.57 Å². The van der Waals surface area contributed by atoms with Gasteiger partial charge in [0.05, 0.1) is 12.8 Å². The molecule has 0 bridgehead atoms. The zero-order valence-electron chi connectivity index (χ0n) is 19.3. The van der Waals surface area contributed by atoms with Gasteiger partial charge in [0.2, 0.25) is 0 Å². The molecule has 1 aliphatic heterocycles. The van der Waals surface area contributed by atoms with Gasteiger partial charge in [-0.15, -0.1) is 0 Å². The Hall–Kier alpha value is -3.23. The predicted octanol–water partition coefficient (Wildman–Crippen LogP) is 6.09. The van der Waals surface area contributed by atoms with Gasteiger partial charge in [0.1, 0.15) is 11.3 Å². The number of carbonyl (C=O) groups is 3. The lowest BCUT2D eigenvalue weighted by Gasteiger charge is -2.27. The summed E-state index contributed by atoms with van der Waals surface area (Å²) in [6, 6.07) is 16.1. The molecule has 0 atom stereocenters. The maximum absolute atomic E-state index is 13.3. The molecule has 4 amide bonds. The molecule has 0 radical (unpaired) electrons. The van der Waals surface area contributed by atoms with Crippen molar-refractivity contribution in [3.8, 4) is 5.75 Å². The molecule has 3 aromatic rings. The van der Waals surface area contributed by atoms with Crippen molar-refractivity contribution in [2.75, 3.05) is 12.0 Å². The first-order valence-corrected chi connectivity index (χ1v) is 12.4. The average molecular weight is 598 g/mol. The first-order valence-electron chi connectivity index (χ1n) is 10.8. The quantitative estimate of drug-likeness (QED) is 0.285. The van der Waals surface area contributed by atoms with E-state index in [1.807, 2.05) is 56.3 Å². The monoisotopic (exact) mass is 596 g/mol. The van der Waals surface area contributed by atoms with Gasteiger partial charge >= 0.3 is 6.03 Å². The molecule has 0 aromatic heterocycles. The first-order chi connectivity index (χ1) is 16.7. The predicted molar refractivity (Wildman–Crippen MR) is 143 cm³/mol. The fraction of sp³-hybridized carbons (Fsp3) is 0.148. The molecule has 35 heavy (non-hydrogen) atoms. The van der Waals surface area contributed by atoms with E-state index in [2.05, 4.69) is 37.2 Å². The highest BCUT2D eigenvalue weighted by Crippen LogP contribution is 2.34. The van der Waals surface area contributed by atoms with Crippen molar-refractivity contribution in [1.29, 1.82) is 0 Å². The molecule has 8 heteroatoms. The number of hydrogen-bond acceptors (Lipinski definition) is 4. The number of barbiturate groups is 1. The minimum atomic E-state index is -0.772. The fourth-order valence-electron chi connectivity index (χ4n) is 4.00. The summed E-state index contributed by atoms with van der Waals surface area (Å²) in [7, 11) is 1.57. The van der Waals surface area contributed by atoms with Crippen LogP contribution in [-0.2, 0) is 16.0 Å². The van der Waals surface area contributed by atoms with E-state index in [9.17, 15) is 14.4 Å². The Kier molecular flexibility index (Phi) is 7.23. The first kappa shape index (κ1) is 24.9. The van der Waals surface area contributed by atoms with Crippen LogP contribution in [0.2, 0.25) is 0 Å². The van der Waals surface area contributed by atoms with E-state index in [1.54, 1.807) is 19.2 Å². The number of benzene rings is 3. The lowest BCUT2D eigenvalue weighted by Crippen LogP contribution is -2.54. The lowest BCUT2D eigenvalue weighted by molar-refractivity contribution is -0.122. The molecular formula is C27H22Br2N2O4. The minimum absolute atomic E-state index is 0.142. The van der Waals surface area contributed by atoms with Crippen molar-refractivity contribution in [2.45, 2.75) is 20.3 Å². The van der Waals surface area contributed by atoms with Crippen molar-refractivity contribution in [3.05, 3.63) is 96.9 Å². The zero-order chi connectivity index (χ0) is 25.3. The SMILES string of the molecule is COc1cc(/C=C2\C(=O)NC(=O)N(c3ccc(C)cc3C)C2=O)cc(Br)c1Cc1ccccc1Br. The molecule has 3 aromatic carbocycles. The van der Waals surface area contributed by atoms with Gasteiger partial charge in [-0.2, -0.15) is 0 Å². The summed E-state index contributed by atoms with van der Waals surface area (Å²) in [5.74, 6) is -0.820. The van der Waals surface area contributed by atoms with Gasteiger partial charge in [0.15, 0.2) is 0 Å². The Labute approximate surface area is 220 Å². The Morgan fingerprint density at radius 3 is 2.40 bits per heavy atom. The van der Waals surface area contributed by atoms with Crippen LogP contribution in [0, 0.1) is 13.8 Å². The molecular weight excluding hydrogens is 576 g/mol. The molecule has 4 rings (SSSR count). The highest BCUT2D eigenvalue weighted by Gasteiger charge is 2.37. The van der Waals surface area contributed by atoms with Gasteiger partial charge in [-0.1, -0.05) is 67.8 Å². The second-order valence-electron chi connectivity index (χ2n) is 8.20. The molecule has 178 valence electrons. The third kappa shape index (κ3) is 5.09. The zero-order valence-corrected chi connectivity index (χ0v) is 22.5. The van der Waals surface area contributed by atoms with Crippen LogP contribution < -0.4 is 15.0 Å². The van der Waals surface area contributed by atoms with E-state index >= 15 is 0 Å². The Morgan fingerprint density at radius 1 is 0.971 bits per heavy atom. The van der Waals surface area contributed by atoms with Crippen molar-refractivity contribution < 1.29 is 19.1 Å². The van der Waals surface area contributed by atoms with Crippen LogP contribution in [-0.4, -0.2) is 25.0 Å². The van der Waals surface area contributed by atoms with E-state index in [0.29, 0.717) is 23.4 Å². The number of ether oxygens (including phenoxy) is 1. The van der Waals surface area contributed by atoms with Crippen molar-refractivity contribution >= 4 is 61.5 Å². The number of amides is 4. The molecule has 1 fully saturated rings. The summed E-state index contributed by atoms with van der Waals surface area (Å²) in [4.78, 5) is 39.5. The maximum Gasteiger partial charge on any atom is 0.335 e. The van der Waals surface area contributed by atoms with Gasteiger partial charge in [-0.25, -0.2) is 9.69 Å². The number of halogens is 2. The molecule has 0 spiro atoms. The summed E-state index contributed by atoms with van der Waals surface area (Å²) in [6.07, 6.45) is 2.08. The van der Waals surface area contributed by atoms with Crippen molar-refractivity contribution in [3.63, 3.8) is 0 Å². The van der Waals surface area contributed by atoms with E-state index in [0.717, 1.165) is 36.1 Å². The second-order valence-corrected chi connectivity index (χ2v) is 9.91. The molecule has 1 heterocycles. The third-order valence-corrected chi connectivity index (χ3v) is 7.21. The standard InChI is InChI=1S/C27H22Br2N2O4/c1-15-8-9-23(16(2)10-15)31-26(33)20(25(32)30-27(31)34)11-17-12-22(29)19(24(13-17)35-3)14-18-6-4-5-7-21(18)28/h4-13H,14H2,1-3H3,(H,30,32,34)/b20-11+. The maximum atomic E-state index is 13.3. The number of nitrogens with zero attached hydrogens (tertiary/aromatic N) is 1. The molecule has 0 unspecified atom stereocenters. The van der Waals surface area contributed by atoms with Gasteiger partial charge in [0, 0.05) is 20.9 Å². The summed E-state index contributed by atoms with van der Waals surface area (Å²) >= 11 is 7.19. The molecule has 1 saturated heterocycles. The third-order valence-electron chi connectivity index (χ3n) is 5.73. The summed E-state index contributed by atoms with van der Waals surface area (Å²) < 4.78 is 7.39. The Balaban J connectivity index is 1.72. The number of hydrogen-bond donors (Lipinski definition) is 1. The van der Waals surface area contributed by atoms with Crippen molar-refractivity contribution in [2.24, 2.45) is 0 Å². The minimum Gasteiger partial charge on any atom is -0.496 e. The van der Waals surface area contributed by atoms with Gasteiger partial charge < -0.3 is 4.74 Å². The second kappa shape index (κ2) is 10.2. The van der Waals surface area contributed by atoms with Crippen LogP contribution in [0.4, 0.5) is 10.5 Å². The number of urea groups is 1. The number of aryl methyl sites for hydroxylation is 2. The van der Waals surface area contributed by atoms with Gasteiger partial charge in [-0.3, -0.25) is 14.9 Å². The fourth-order valence-corrected chi connectivity index (χ4v) is 5.02. The summed E-state index contributed by atoms with van der Waals surface area (Å²) in [6.45, 7) is 3.74. The topological polar surface area (TPSA) is 75.7 Å². The van der Waals surface area contributed by atoms with Crippen LogP contribution in [0.5, 0.6) is 5.75 Å². The van der Waals surface area contributed by atoms with E-state index < -0.39 is 17.8 Å². The Bertz CT molecular complexity index is 1400. The molecule has 6 nitrogen and oxygen atoms in total. The summed E-state index contributed by atoms with van der Waals surface area (Å²) in [5, 5.41) is 2.27. The smallest absolute Gasteiger partial charge is 0.335 e.